The first-order chi connectivity index (χ1) is 12.4. The molecule has 1 heterocycles. The summed E-state index contributed by atoms with van der Waals surface area (Å²) < 4.78 is 4.89. The molecule has 2 rings (SSSR count). The Morgan fingerprint density at radius 3 is 2.54 bits per heavy atom. The highest BCUT2D eigenvalue weighted by Gasteiger charge is 2.40. The fourth-order valence-corrected chi connectivity index (χ4v) is 3.85. The van der Waals surface area contributed by atoms with E-state index in [-0.39, 0.29) is 4.32 Å². The molecular weight excluding hydrogens is 374 g/mol. The molecule has 6 nitrogen and oxygen atoms in total. The van der Waals surface area contributed by atoms with Crippen molar-refractivity contribution in [2.75, 3.05) is 7.11 Å². The van der Waals surface area contributed by atoms with Gasteiger partial charge < -0.3 is 9.84 Å². The lowest BCUT2D eigenvalue weighted by Crippen LogP contribution is -2.43. The number of unbranched alkanes of at least 4 members (excludes halogenated alkanes) is 1. The molecule has 1 aliphatic heterocycles. The molecule has 1 amide bonds. The Labute approximate surface area is 161 Å². The van der Waals surface area contributed by atoms with Crippen LogP contribution in [0.2, 0.25) is 0 Å². The number of nitrogens with zero attached hydrogens (tertiary/aromatic N) is 1. The summed E-state index contributed by atoms with van der Waals surface area (Å²) in [6.07, 6.45) is 3.53. The summed E-state index contributed by atoms with van der Waals surface area (Å²) in [6.45, 7) is 1.96. The Balaban J connectivity index is 2.22. The smallest absolute Gasteiger partial charge is 0.337 e. The van der Waals surface area contributed by atoms with E-state index < -0.39 is 23.9 Å². The normalized spacial score (nSPS) is 16.8. The first-order valence-electron chi connectivity index (χ1n) is 8.07. The molecule has 0 aromatic heterocycles. The zero-order valence-electron chi connectivity index (χ0n) is 14.4. The zero-order chi connectivity index (χ0) is 19.3. The van der Waals surface area contributed by atoms with Gasteiger partial charge in [-0.15, -0.1) is 0 Å². The van der Waals surface area contributed by atoms with Crippen LogP contribution in [-0.2, 0) is 14.3 Å². The van der Waals surface area contributed by atoms with Crippen LogP contribution in [0.15, 0.2) is 29.2 Å². The Morgan fingerprint density at radius 1 is 1.35 bits per heavy atom. The van der Waals surface area contributed by atoms with Crippen molar-refractivity contribution in [2.45, 2.75) is 32.2 Å². The molecule has 0 saturated carbocycles. The molecule has 138 valence electrons. The fourth-order valence-electron chi connectivity index (χ4n) is 2.49. The summed E-state index contributed by atoms with van der Waals surface area (Å²) >= 11 is 6.31. The number of aliphatic carboxylic acids is 1. The summed E-state index contributed by atoms with van der Waals surface area (Å²) in [6, 6.07) is 5.62. The van der Waals surface area contributed by atoms with E-state index in [4.69, 9.17) is 12.2 Å². The number of hydrogen-bond donors (Lipinski definition) is 1. The maximum Gasteiger partial charge on any atom is 0.337 e. The fraction of sp³-hybridized carbons (Fsp3) is 0.333. The Hall–Kier alpha value is -2.19. The van der Waals surface area contributed by atoms with Gasteiger partial charge in [0.15, 0.2) is 0 Å². The zero-order valence-corrected chi connectivity index (χ0v) is 16.1. The summed E-state index contributed by atoms with van der Waals surface area (Å²) in [5.41, 5.74) is 1.11. The lowest BCUT2D eigenvalue weighted by Gasteiger charge is -2.22. The average molecular weight is 393 g/mol. The Bertz CT molecular complexity index is 757. The number of ether oxygens (including phenoxy) is 1. The van der Waals surface area contributed by atoms with E-state index in [1.54, 1.807) is 30.3 Å². The van der Waals surface area contributed by atoms with Crippen molar-refractivity contribution in [3.8, 4) is 0 Å². The number of hydrogen-bond acceptors (Lipinski definition) is 6. The molecule has 1 aliphatic rings. The van der Waals surface area contributed by atoms with Gasteiger partial charge in [-0.3, -0.25) is 9.69 Å². The van der Waals surface area contributed by atoms with Crippen LogP contribution in [-0.4, -0.2) is 45.3 Å². The van der Waals surface area contributed by atoms with Gasteiger partial charge in [0, 0.05) is 0 Å². The largest absolute Gasteiger partial charge is 0.480 e. The van der Waals surface area contributed by atoms with Gasteiger partial charge in [0.2, 0.25) is 0 Å². The molecule has 0 aliphatic carbocycles. The number of carbonyl (C=O) groups excluding carboxylic acids is 2. The van der Waals surface area contributed by atoms with Crippen LogP contribution in [0.5, 0.6) is 0 Å². The van der Waals surface area contributed by atoms with Crippen LogP contribution in [0, 0.1) is 0 Å². The summed E-state index contributed by atoms with van der Waals surface area (Å²) in [5, 5.41) is 9.45. The van der Waals surface area contributed by atoms with E-state index in [1.165, 1.54) is 12.0 Å². The number of methoxy groups -OCH3 is 1. The Kier molecular flexibility index (Phi) is 6.93. The van der Waals surface area contributed by atoms with Crippen LogP contribution in [0.25, 0.3) is 6.08 Å². The van der Waals surface area contributed by atoms with Gasteiger partial charge in [-0.2, -0.15) is 0 Å². The van der Waals surface area contributed by atoms with E-state index in [0.29, 0.717) is 28.9 Å². The van der Waals surface area contributed by atoms with Crippen LogP contribution in [0.3, 0.4) is 0 Å². The van der Waals surface area contributed by atoms with Crippen molar-refractivity contribution >= 4 is 52.2 Å². The molecule has 0 spiro atoms. The van der Waals surface area contributed by atoms with Gasteiger partial charge in [-0.25, -0.2) is 9.59 Å². The van der Waals surface area contributed by atoms with Crippen LogP contribution in [0.4, 0.5) is 0 Å². The van der Waals surface area contributed by atoms with E-state index in [9.17, 15) is 19.5 Å². The molecule has 1 saturated heterocycles. The topological polar surface area (TPSA) is 83.9 Å². The van der Waals surface area contributed by atoms with Gasteiger partial charge >= 0.3 is 11.9 Å². The number of rotatable bonds is 7. The Morgan fingerprint density at radius 2 is 2.00 bits per heavy atom. The van der Waals surface area contributed by atoms with E-state index in [1.807, 2.05) is 6.92 Å². The van der Waals surface area contributed by atoms with Gasteiger partial charge in [0.25, 0.3) is 5.91 Å². The second-order valence-corrected chi connectivity index (χ2v) is 7.34. The number of carboxylic acids is 1. The van der Waals surface area contributed by atoms with Crippen molar-refractivity contribution in [2.24, 2.45) is 0 Å². The molecule has 26 heavy (non-hydrogen) atoms. The lowest BCUT2D eigenvalue weighted by atomic mass is 10.1. The van der Waals surface area contributed by atoms with E-state index in [2.05, 4.69) is 4.74 Å². The minimum atomic E-state index is -1.06. The van der Waals surface area contributed by atoms with Crippen LogP contribution in [0.1, 0.15) is 42.1 Å². The SMILES string of the molecule is CCCC[C@@H](C(=O)O)N1C(=O)/C(=C/c2ccc(C(=O)OC)cc2)SC1=S. The monoisotopic (exact) mass is 393 g/mol. The predicted octanol–water partition coefficient (Wildman–Crippen LogP) is 3.32. The first kappa shape index (κ1) is 20.1. The molecule has 1 aromatic rings. The molecule has 1 N–H and O–H groups in total. The number of esters is 1. The first-order valence-corrected chi connectivity index (χ1v) is 9.29. The highest BCUT2D eigenvalue weighted by molar-refractivity contribution is 8.26. The second kappa shape index (κ2) is 8.95. The summed E-state index contributed by atoms with van der Waals surface area (Å²) in [7, 11) is 1.30. The highest BCUT2D eigenvalue weighted by atomic mass is 32.2. The van der Waals surface area contributed by atoms with Gasteiger partial charge in [-0.05, 0) is 30.2 Å². The second-order valence-electron chi connectivity index (χ2n) is 5.66. The highest BCUT2D eigenvalue weighted by Crippen LogP contribution is 2.35. The number of amides is 1. The van der Waals surface area contributed by atoms with E-state index >= 15 is 0 Å². The van der Waals surface area contributed by atoms with Crippen LogP contribution >= 0.6 is 24.0 Å². The molecule has 0 bridgehead atoms. The van der Waals surface area contributed by atoms with Gasteiger partial charge in [0.1, 0.15) is 10.4 Å². The maximum absolute atomic E-state index is 12.7. The van der Waals surface area contributed by atoms with Crippen molar-refractivity contribution in [1.82, 2.24) is 4.90 Å². The third kappa shape index (κ3) is 4.50. The number of carbonyl (C=O) groups is 3. The third-order valence-electron chi connectivity index (χ3n) is 3.88. The quantitative estimate of drug-likeness (QED) is 0.432. The predicted molar refractivity (Wildman–Crippen MR) is 104 cm³/mol. The standard InChI is InChI=1S/C18H19NO5S2/c1-3-4-5-13(16(21)22)19-15(20)14(26-18(19)25)10-11-6-8-12(9-7-11)17(23)24-2/h6-10,13H,3-5H2,1-2H3,(H,21,22)/b14-10-/t13-/m0/s1. The maximum atomic E-state index is 12.7. The molecule has 1 atom stereocenters. The molecule has 0 radical (unpaired) electrons. The number of carboxylic acid groups (broad SMARTS) is 1. The molecular formula is C18H19NO5S2. The number of thioether (sulfide) groups is 1. The number of thiocarbonyl (C=S) groups is 1. The third-order valence-corrected chi connectivity index (χ3v) is 5.21. The van der Waals surface area contributed by atoms with E-state index in [0.717, 1.165) is 18.2 Å². The van der Waals surface area contributed by atoms with Crippen LogP contribution < -0.4 is 0 Å². The minimum absolute atomic E-state index is 0.246. The van der Waals surface area contributed by atoms with Crippen molar-refractivity contribution in [1.29, 1.82) is 0 Å². The van der Waals surface area contributed by atoms with Crippen molar-refractivity contribution < 1.29 is 24.2 Å². The number of benzene rings is 1. The molecule has 1 fully saturated rings. The molecule has 0 unspecified atom stereocenters. The average Bonchev–Trinajstić information content (AvgIpc) is 2.89. The minimum Gasteiger partial charge on any atom is -0.480 e. The van der Waals surface area contributed by atoms with Gasteiger partial charge in [0.05, 0.1) is 17.6 Å². The van der Waals surface area contributed by atoms with Crippen molar-refractivity contribution in [3.63, 3.8) is 0 Å². The van der Waals surface area contributed by atoms with Crippen molar-refractivity contribution in [3.05, 3.63) is 40.3 Å². The molecule has 8 heteroatoms. The summed E-state index contributed by atoms with van der Waals surface area (Å²) in [4.78, 5) is 37.2. The summed E-state index contributed by atoms with van der Waals surface area (Å²) in [5.74, 6) is -1.90. The van der Waals surface area contributed by atoms with Gasteiger partial charge in [-0.1, -0.05) is 55.9 Å². The molecule has 1 aromatic carbocycles. The lowest BCUT2D eigenvalue weighted by molar-refractivity contribution is -0.145.